The van der Waals surface area contributed by atoms with Crippen LogP contribution < -0.4 is 5.73 Å². The summed E-state index contributed by atoms with van der Waals surface area (Å²) >= 11 is 1.26. The molecule has 0 aliphatic rings. The normalized spacial score (nSPS) is 12.1. The number of thioether (sulfide) groups is 1. The lowest BCUT2D eigenvalue weighted by atomic mass is 10.2. The summed E-state index contributed by atoms with van der Waals surface area (Å²) in [6, 6.07) is 5.43. The molecule has 92 valence electrons. The number of nitrogens with zero attached hydrogens (tertiary/aromatic N) is 1. The molecule has 0 saturated heterocycles. The number of benzene rings is 1. The second kappa shape index (κ2) is 6.21. The molecule has 0 radical (unpaired) electrons. The Hall–Kier alpha value is -1.60. The van der Waals surface area contributed by atoms with Crippen molar-refractivity contribution in [3.63, 3.8) is 0 Å². The highest BCUT2D eigenvalue weighted by Gasteiger charge is 2.14. The first-order chi connectivity index (χ1) is 8.02. The molecular formula is C10H12N2O4S. The summed E-state index contributed by atoms with van der Waals surface area (Å²) in [6.45, 7) is 0. The molecule has 17 heavy (non-hydrogen) atoms. The van der Waals surface area contributed by atoms with Gasteiger partial charge in [0.25, 0.3) is 5.69 Å². The number of para-hydroxylation sites is 1. The van der Waals surface area contributed by atoms with E-state index in [2.05, 4.69) is 0 Å². The lowest BCUT2D eigenvalue weighted by Crippen LogP contribution is -2.32. The van der Waals surface area contributed by atoms with Crippen LogP contribution in [0.1, 0.15) is 5.56 Å². The molecule has 1 aromatic carbocycles. The van der Waals surface area contributed by atoms with Crippen molar-refractivity contribution in [2.24, 2.45) is 5.73 Å². The number of rotatable bonds is 6. The van der Waals surface area contributed by atoms with Crippen molar-refractivity contribution in [2.75, 3.05) is 5.75 Å². The van der Waals surface area contributed by atoms with E-state index in [1.165, 1.54) is 17.8 Å². The molecule has 7 heteroatoms. The Morgan fingerprint density at radius 1 is 1.53 bits per heavy atom. The fourth-order valence-corrected chi connectivity index (χ4v) is 2.16. The molecule has 6 nitrogen and oxygen atoms in total. The molecule has 0 bridgehead atoms. The van der Waals surface area contributed by atoms with Crippen molar-refractivity contribution in [3.05, 3.63) is 39.9 Å². The SMILES string of the molecule is N[C@H](CSCc1ccccc1[N+](=O)[O-])C(=O)O. The van der Waals surface area contributed by atoms with Crippen LogP contribution in [0.2, 0.25) is 0 Å². The molecule has 0 aliphatic heterocycles. The molecule has 0 aromatic heterocycles. The first kappa shape index (κ1) is 13.5. The van der Waals surface area contributed by atoms with Gasteiger partial charge in [-0.1, -0.05) is 18.2 Å². The summed E-state index contributed by atoms with van der Waals surface area (Å²) in [5.74, 6) is -0.473. The van der Waals surface area contributed by atoms with Gasteiger partial charge in [0.15, 0.2) is 0 Å². The van der Waals surface area contributed by atoms with E-state index in [0.29, 0.717) is 11.3 Å². The lowest BCUT2D eigenvalue weighted by Gasteiger charge is -2.06. The number of aliphatic carboxylic acids is 1. The Balaban J connectivity index is 2.58. The van der Waals surface area contributed by atoms with E-state index in [1.54, 1.807) is 18.2 Å². The Kier molecular flexibility index (Phi) is 4.92. The average molecular weight is 256 g/mol. The summed E-state index contributed by atoms with van der Waals surface area (Å²) in [6.07, 6.45) is 0. The zero-order valence-electron chi connectivity index (χ0n) is 8.91. The molecule has 1 aromatic rings. The predicted octanol–water partition coefficient (Wildman–Crippen LogP) is 1.24. The van der Waals surface area contributed by atoms with Crippen molar-refractivity contribution >= 4 is 23.4 Å². The van der Waals surface area contributed by atoms with Gasteiger partial charge in [-0.25, -0.2) is 0 Å². The van der Waals surface area contributed by atoms with E-state index in [0.717, 1.165) is 0 Å². The minimum Gasteiger partial charge on any atom is -0.480 e. The van der Waals surface area contributed by atoms with Gasteiger partial charge in [-0.2, -0.15) is 11.8 Å². The van der Waals surface area contributed by atoms with Gasteiger partial charge in [0.2, 0.25) is 0 Å². The fourth-order valence-electron chi connectivity index (χ4n) is 1.18. The Bertz CT molecular complexity index is 425. The third kappa shape index (κ3) is 4.04. The maximum absolute atomic E-state index is 10.7. The molecule has 0 heterocycles. The van der Waals surface area contributed by atoms with Gasteiger partial charge in [-0.15, -0.1) is 0 Å². The summed E-state index contributed by atoms with van der Waals surface area (Å²) in [5, 5.41) is 19.3. The lowest BCUT2D eigenvalue weighted by molar-refractivity contribution is -0.385. The highest BCUT2D eigenvalue weighted by molar-refractivity contribution is 7.98. The fraction of sp³-hybridized carbons (Fsp3) is 0.300. The number of nitro groups is 1. The smallest absolute Gasteiger partial charge is 0.321 e. The minimum atomic E-state index is -1.07. The van der Waals surface area contributed by atoms with Gasteiger partial charge in [-0.3, -0.25) is 14.9 Å². The van der Waals surface area contributed by atoms with Crippen molar-refractivity contribution in [3.8, 4) is 0 Å². The van der Waals surface area contributed by atoms with Crippen LogP contribution in [-0.2, 0) is 10.5 Å². The monoisotopic (exact) mass is 256 g/mol. The Morgan fingerprint density at radius 3 is 2.76 bits per heavy atom. The van der Waals surface area contributed by atoms with Gasteiger partial charge in [0, 0.05) is 23.1 Å². The van der Waals surface area contributed by atoms with E-state index in [1.807, 2.05) is 0 Å². The summed E-state index contributed by atoms with van der Waals surface area (Å²) in [4.78, 5) is 20.7. The van der Waals surface area contributed by atoms with Gasteiger partial charge < -0.3 is 10.8 Å². The van der Waals surface area contributed by atoms with Crippen LogP contribution in [0.5, 0.6) is 0 Å². The standard InChI is InChI=1S/C10H12N2O4S/c11-8(10(13)14)6-17-5-7-3-1-2-4-9(7)12(15)16/h1-4,8H,5-6,11H2,(H,13,14)/t8-/m1/s1. The first-order valence-electron chi connectivity index (χ1n) is 4.80. The average Bonchev–Trinajstić information content (AvgIpc) is 2.29. The van der Waals surface area contributed by atoms with Gasteiger partial charge in [0.1, 0.15) is 6.04 Å². The van der Waals surface area contributed by atoms with Crippen LogP contribution in [0.3, 0.4) is 0 Å². The summed E-state index contributed by atoms with van der Waals surface area (Å²) in [7, 11) is 0. The van der Waals surface area contributed by atoms with Gasteiger partial charge in [-0.05, 0) is 0 Å². The van der Waals surface area contributed by atoms with Crippen molar-refractivity contribution in [1.29, 1.82) is 0 Å². The van der Waals surface area contributed by atoms with Gasteiger partial charge >= 0.3 is 5.97 Å². The molecule has 0 fully saturated rings. The second-order valence-corrected chi connectivity index (χ2v) is 4.38. The topological polar surface area (TPSA) is 106 Å². The molecule has 1 rings (SSSR count). The zero-order valence-corrected chi connectivity index (χ0v) is 9.72. The van der Waals surface area contributed by atoms with Crippen LogP contribution in [0.25, 0.3) is 0 Å². The quantitative estimate of drug-likeness (QED) is 0.585. The Morgan fingerprint density at radius 2 is 2.18 bits per heavy atom. The van der Waals surface area contributed by atoms with E-state index in [9.17, 15) is 14.9 Å². The largest absolute Gasteiger partial charge is 0.480 e. The van der Waals surface area contributed by atoms with Crippen LogP contribution in [0.4, 0.5) is 5.69 Å². The van der Waals surface area contributed by atoms with E-state index in [-0.39, 0.29) is 11.4 Å². The highest BCUT2D eigenvalue weighted by Crippen LogP contribution is 2.22. The summed E-state index contributed by atoms with van der Waals surface area (Å²) < 4.78 is 0. The third-order valence-electron chi connectivity index (χ3n) is 2.06. The molecule has 0 spiro atoms. The Labute approximate surface area is 102 Å². The van der Waals surface area contributed by atoms with Crippen LogP contribution in [0, 0.1) is 10.1 Å². The second-order valence-electron chi connectivity index (χ2n) is 3.35. The van der Waals surface area contributed by atoms with E-state index < -0.39 is 16.9 Å². The maximum atomic E-state index is 10.7. The van der Waals surface area contributed by atoms with Crippen LogP contribution in [-0.4, -0.2) is 27.8 Å². The third-order valence-corrected chi connectivity index (χ3v) is 3.17. The van der Waals surface area contributed by atoms with E-state index in [4.69, 9.17) is 10.8 Å². The highest BCUT2D eigenvalue weighted by atomic mass is 32.2. The molecule has 0 amide bonds. The first-order valence-corrected chi connectivity index (χ1v) is 5.96. The van der Waals surface area contributed by atoms with E-state index >= 15 is 0 Å². The number of nitro benzene ring substituents is 1. The van der Waals surface area contributed by atoms with Gasteiger partial charge in [0.05, 0.1) is 4.92 Å². The predicted molar refractivity (Wildman–Crippen MR) is 64.9 cm³/mol. The maximum Gasteiger partial charge on any atom is 0.321 e. The molecule has 0 unspecified atom stereocenters. The number of hydrogen-bond donors (Lipinski definition) is 2. The number of carboxylic acid groups (broad SMARTS) is 1. The van der Waals surface area contributed by atoms with Crippen LogP contribution >= 0.6 is 11.8 Å². The van der Waals surface area contributed by atoms with Crippen molar-refractivity contribution in [1.82, 2.24) is 0 Å². The number of nitrogens with two attached hydrogens (primary N) is 1. The minimum absolute atomic E-state index is 0.0453. The molecular weight excluding hydrogens is 244 g/mol. The number of hydrogen-bond acceptors (Lipinski definition) is 5. The molecule has 0 saturated carbocycles. The summed E-state index contributed by atoms with van der Waals surface area (Å²) in [5.41, 5.74) is 5.94. The molecule has 3 N–H and O–H groups in total. The zero-order chi connectivity index (χ0) is 12.8. The number of carbonyl (C=O) groups is 1. The molecule has 1 atom stereocenters. The van der Waals surface area contributed by atoms with Crippen LogP contribution in [0.15, 0.2) is 24.3 Å². The van der Waals surface area contributed by atoms with Crippen molar-refractivity contribution < 1.29 is 14.8 Å². The molecule has 0 aliphatic carbocycles. The van der Waals surface area contributed by atoms with Crippen molar-refractivity contribution in [2.45, 2.75) is 11.8 Å². The number of carboxylic acids is 1.